The molecule has 1 amide bonds. The molecule has 5 heteroatoms. The fourth-order valence-electron chi connectivity index (χ4n) is 2.68. The highest BCUT2D eigenvalue weighted by Gasteiger charge is 2.24. The first-order valence-electron chi connectivity index (χ1n) is 7.45. The number of aliphatic hydroxyl groups is 1. The number of benzene rings is 1. The van der Waals surface area contributed by atoms with Crippen LogP contribution in [0.4, 0.5) is 10.1 Å². The summed E-state index contributed by atoms with van der Waals surface area (Å²) in [5.74, 6) is -0.155. The highest BCUT2D eigenvalue weighted by Crippen LogP contribution is 2.19. The van der Waals surface area contributed by atoms with E-state index in [9.17, 15) is 14.3 Å². The molecule has 0 saturated carbocycles. The first-order valence-corrected chi connectivity index (χ1v) is 7.45. The van der Waals surface area contributed by atoms with Crippen molar-refractivity contribution < 1.29 is 14.3 Å². The third kappa shape index (κ3) is 4.17. The summed E-state index contributed by atoms with van der Waals surface area (Å²) in [4.78, 5) is 15.3. The molecule has 0 aromatic heterocycles. The Morgan fingerprint density at radius 3 is 2.52 bits per heavy atom. The first kappa shape index (κ1) is 15.8. The van der Waals surface area contributed by atoms with Gasteiger partial charge < -0.3 is 14.9 Å². The summed E-state index contributed by atoms with van der Waals surface area (Å²) in [6, 6.07) is 6.44. The fraction of sp³-hybridized carbons (Fsp3) is 0.562. The van der Waals surface area contributed by atoms with Crippen molar-refractivity contribution in [3.63, 3.8) is 0 Å². The molecule has 21 heavy (non-hydrogen) atoms. The lowest BCUT2D eigenvalue weighted by Crippen LogP contribution is -2.43. The lowest BCUT2D eigenvalue weighted by molar-refractivity contribution is -0.128. The number of hydrogen-bond acceptors (Lipinski definition) is 3. The highest BCUT2D eigenvalue weighted by atomic mass is 19.1. The quantitative estimate of drug-likeness (QED) is 0.873. The molecule has 0 spiro atoms. The molecule has 1 heterocycles. The second-order valence-electron chi connectivity index (χ2n) is 5.82. The van der Waals surface area contributed by atoms with Crippen LogP contribution < -0.4 is 4.90 Å². The highest BCUT2D eigenvalue weighted by molar-refractivity contribution is 5.78. The van der Waals surface area contributed by atoms with Gasteiger partial charge in [0.2, 0.25) is 5.91 Å². The normalized spacial score (nSPS) is 16.6. The minimum Gasteiger partial charge on any atom is -0.389 e. The zero-order valence-corrected chi connectivity index (χ0v) is 12.6. The number of nitrogens with zero attached hydrogens (tertiary/aromatic N) is 2. The van der Waals surface area contributed by atoms with Crippen molar-refractivity contribution in [2.45, 2.75) is 38.8 Å². The van der Waals surface area contributed by atoms with Gasteiger partial charge >= 0.3 is 0 Å². The number of anilines is 1. The summed E-state index contributed by atoms with van der Waals surface area (Å²) in [5.41, 5.74) is 0.873. The summed E-state index contributed by atoms with van der Waals surface area (Å²) >= 11 is 0. The van der Waals surface area contributed by atoms with Gasteiger partial charge in [0.1, 0.15) is 5.82 Å². The van der Waals surface area contributed by atoms with Crippen molar-refractivity contribution in [3.8, 4) is 0 Å². The van der Waals surface area contributed by atoms with Gasteiger partial charge in [-0.1, -0.05) is 0 Å². The van der Waals surface area contributed by atoms with Crippen molar-refractivity contribution in [1.82, 2.24) is 4.90 Å². The lowest BCUT2D eigenvalue weighted by atomic mass is 10.2. The Labute approximate surface area is 125 Å². The molecule has 0 bridgehead atoms. The van der Waals surface area contributed by atoms with Crippen LogP contribution in [-0.2, 0) is 4.79 Å². The van der Waals surface area contributed by atoms with Crippen LogP contribution in [0.25, 0.3) is 0 Å². The molecular weight excluding hydrogens is 271 g/mol. The molecular formula is C16H23FN2O2. The van der Waals surface area contributed by atoms with Gasteiger partial charge in [-0.25, -0.2) is 4.39 Å². The number of rotatable bonds is 6. The molecule has 0 radical (unpaired) electrons. The minimum atomic E-state index is -0.612. The van der Waals surface area contributed by atoms with Crippen LogP contribution in [0.3, 0.4) is 0 Å². The van der Waals surface area contributed by atoms with Gasteiger partial charge in [-0.2, -0.15) is 0 Å². The number of likely N-dealkylation sites (tertiary alicyclic amines) is 1. The van der Waals surface area contributed by atoms with E-state index in [1.54, 1.807) is 17.0 Å². The zero-order chi connectivity index (χ0) is 15.4. The standard InChI is InChI=1S/C16H23FN2O2/c1-12(2)19(14-7-5-13(17)6-8-14)11-15(20)10-18-9-3-4-16(18)21/h5-8,12,15,20H,3-4,9-11H2,1-2H3. The number of aliphatic hydroxyl groups excluding tert-OH is 1. The number of β-amino-alcohol motifs (C(OH)–C–C–N with tert-alkyl or cyclic N) is 1. The molecule has 1 atom stereocenters. The van der Waals surface area contributed by atoms with Crippen molar-refractivity contribution in [3.05, 3.63) is 30.1 Å². The van der Waals surface area contributed by atoms with Crippen LogP contribution in [0.5, 0.6) is 0 Å². The Morgan fingerprint density at radius 1 is 1.33 bits per heavy atom. The molecule has 1 aromatic rings. The van der Waals surface area contributed by atoms with E-state index >= 15 is 0 Å². The van der Waals surface area contributed by atoms with E-state index in [0.717, 1.165) is 18.7 Å². The van der Waals surface area contributed by atoms with E-state index in [4.69, 9.17) is 0 Å². The first-order chi connectivity index (χ1) is 9.97. The van der Waals surface area contributed by atoms with Crippen LogP contribution in [0, 0.1) is 5.82 Å². The largest absolute Gasteiger partial charge is 0.389 e. The SMILES string of the molecule is CC(C)N(CC(O)CN1CCCC1=O)c1ccc(F)cc1. The molecule has 2 rings (SSSR count). The van der Waals surface area contributed by atoms with Crippen LogP contribution in [0.15, 0.2) is 24.3 Å². The number of hydrogen-bond donors (Lipinski definition) is 1. The van der Waals surface area contributed by atoms with Crippen molar-refractivity contribution in [2.24, 2.45) is 0 Å². The van der Waals surface area contributed by atoms with Gasteiger partial charge in [0.15, 0.2) is 0 Å². The monoisotopic (exact) mass is 294 g/mol. The van der Waals surface area contributed by atoms with E-state index < -0.39 is 6.10 Å². The van der Waals surface area contributed by atoms with Gasteiger partial charge in [-0.3, -0.25) is 4.79 Å². The van der Waals surface area contributed by atoms with Crippen LogP contribution in [-0.4, -0.2) is 47.7 Å². The second kappa shape index (κ2) is 6.89. The molecule has 1 aliphatic rings. The molecule has 1 N–H and O–H groups in total. The number of halogens is 1. The Morgan fingerprint density at radius 2 is 2.00 bits per heavy atom. The van der Waals surface area contributed by atoms with Crippen LogP contribution in [0.1, 0.15) is 26.7 Å². The average Bonchev–Trinajstić information content (AvgIpc) is 2.82. The zero-order valence-electron chi connectivity index (χ0n) is 12.6. The van der Waals surface area contributed by atoms with E-state index in [-0.39, 0.29) is 17.8 Å². The smallest absolute Gasteiger partial charge is 0.222 e. The number of amides is 1. The fourth-order valence-corrected chi connectivity index (χ4v) is 2.68. The maximum Gasteiger partial charge on any atom is 0.222 e. The van der Waals surface area contributed by atoms with E-state index in [1.165, 1.54) is 12.1 Å². The maximum absolute atomic E-state index is 13.0. The van der Waals surface area contributed by atoms with E-state index in [1.807, 2.05) is 18.7 Å². The summed E-state index contributed by atoms with van der Waals surface area (Å²) in [6.45, 7) is 5.57. The molecule has 1 saturated heterocycles. The van der Waals surface area contributed by atoms with E-state index in [2.05, 4.69) is 0 Å². The van der Waals surface area contributed by atoms with Gasteiger partial charge in [-0.15, -0.1) is 0 Å². The average molecular weight is 294 g/mol. The number of carbonyl (C=O) groups excluding carboxylic acids is 1. The summed E-state index contributed by atoms with van der Waals surface area (Å²) in [6.07, 6.45) is 0.843. The summed E-state index contributed by atoms with van der Waals surface area (Å²) in [5, 5.41) is 10.3. The van der Waals surface area contributed by atoms with E-state index in [0.29, 0.717) is 19.5 Å². The third-order valence-corrected chi connectivity index (χ3v) is 3.79. The Kier molecular flexibility index (Phi) is 5.17. The van der Waals surface area contributed by atoms with Gasteiger partial charge in [0.05, 0.1) is 6.10 Å². The molecule has 1 fully saturated rings. The van der Waals surface area contributed by atoms with Gasteiger partial charge in [-0.05, 0) is 44.5 Å². The second-order valence-corrected chi connectivity index (χ2v) is 5.82. The molecule has 4 nitrogen and oxygen atoms in total. The topological polar surface area (TPSA) is 43.8 Å². The van der Waals surface area contributed by atoms with Gasteiger partial charge in [0, 0.05) is 37.8 Å². The molecule has 1 aromatic carbocycles. The van der Waals surface area contributed by atoms with Crippen LogP contribution in [0.2, 0.25) is 0 Å². The lowest BCUT2D eigenvalue weighted by Gasteiger charge is -2.32. The summed E-state index contributed by atoms with van der Waals surface area (Å²) < 4.78 is 13.0. The third-order valence-electron chi connectivity index (χ3n) is 3.79. The molecule has 116 valence electrons. The Balaban J connectivity index is 1.99. The predicted octanol–water partition coefficient (Wildman–Crippen LogP) is 2.02. The van der Waals surface area contributed by atoms with Crippen molar-refractivity contribution in [2.75, 3.05) is 24.5 Å². The van der Waals surface area contributed by atoms with Crippen molar-refractivity contribution >= 4 is 11.6 Å². The molecule has 1 aliphatic heterocycles. The Hall–Kier alpha value is -1.62. The van der Waals surface area contributed by atoms with Gasteiger partial charge in [0.25, 0.3) is 0 Å². The van der Waals surface area contributed by atoms with Crippen molar-refractivity contribution in [1.29, 1.82) is 0 Å². The maximum atomic E-state index is 13.0. The minimum absolute atomic E-state index is 0.118. The number of carbonyl (C=O) groups is 1. The molecule has 0 aliphatic carbocycles. The predicted molar refractivity (Wildman–Crippen MR) is 80.7 cm³/mol. The summed E-state index contributed by atoms with van der Waals surface area (Å²) in [7, 11) is 0. The Bertz CT molecular complexity index is 476. The van der Waals surface area contributed by atoms with Crippen LogP contribution >= 0.6 is 0 Å². The molecule has 1 unspecified atom stereocenters.